The van der Waals surface area contributed by atoms with Gasteiger partial charge in [0.25, 0.3) is 11.8 Å². The minimum atomic E-state index is -0.305. The maximum absolute atomic E-state index is 13.5. The molecule has 2 heterocycles. The average molecular weight is 540 g/mol. The number of carbonyl (C=O) groups excluding carboxylic acids is 3. The van der Waals surface area contributed by atoms with Crippen molar-refractivity contribution in [2.75, 3.05) is 26.2 Å². The third-order valence-corrected chi connectivity index (χ3v) is 6.59. The van der Waals surface area contributed by atoms with Crippen molar-refractivity contribution in [2.45, 2.75) is 46.1 Å². The number of H-pyrrole nitrogens is 1. The predicted octanol–water partition coefficient (Wildman–Crippen LogP) is 4.10. The van der Waals surface area contributed by atoms with Crippen LogP contribution in [0.4, 0.5) is 0 Å². The van der Waals surface area contributed by atoms with Gasteiger partial charge in [0.15, 0.2) is 0 Å². The molecule has 0 unspecified atom stereocenters. The van der Waals surface area contributed by atoms with Gasteiger partial charge in [-0.15, -0.1) is 0 Å². The second-order valence-electron chi connectivity index (χ2n) is 10.1. The lowest BCUT2D eigenvalue weighted by Gasteiger charge is -2.25. The van der Waals surface area contributed by atoms with Gasteiger partial charge in [0, 0.05) is 23.7 Å². The van der Waals surface area contributed by atoms with E-state index in [1.165, 1.54) is 0 Å². The molecule has 3 N–H and O–H groups in total. The summed E-state index contributed by atoms with van der Waals surface area (Å²) in [4.78, 5) is 48.6. The Kier molecular flexibility index (Phi) is 8.89. The van der Waals surface area contributed by atoms with E-state index in [1.807, 2.05) is 6.92 Å². The number of hydrogen-bond acceptors (Lipinski definition) is 5. The Morgan fingerprint density at radius 2 is 2.00 bits per heavy atom. The first-order valence-electron chi connectivity index (χ1n) is 12.9. The smallest absolute Gasteiger partial charge is 0.255 e. The molecule has 9 nitrogen and oxygen atoms in total. The summed E-state index contributed by atoms with van der Waals surface area (Å²) in [5.41, 5.74) is 2.38. The molecule has 0 fully saturated rings. The van der Waals surface area contributed by atoms with Gasteiger partial charge >= 0.3 is 0 Å². The van der Waals surface area contributed by atoms with Crippen LogP contribution >= 0.6 is 11.6 Å². The Balaban J connectivity index is 1.56. The number of imidazole rings is 1. The van der Waals surface area contributed by atoms with E-state index in [-0.39, 0.29) is 36.9 Å². The number of halogens is 1. The number of nitrogens with zero attached hydrogens (tertiary/aromatic N) is 2. The van der Waals surface area contributed by atoms with Crippen molar-refractivity contribution in [3.8, 4) is 5.75 Å². The first-order chi connectivity index (χ1) is 18.2. The monoisotopic (exact) mass is 539 g/mol. The molecular formula is C28H34ClN5O4. The van der Waals surface area contributed by atoms with Crippen LogP contribution in [0.5, 0.6) is 5.75 Å². The van der Waals surface area contributed by atoms with Crippen molar-refractivity contribution in [1.82, 2.24) is 25.5 Å². The van der Waals surface area contributed by atoms with E-state index in [4.69, 9.17) is 16.3 Å². The number of benzene rings is 2. The van der Waals surface area contributed by atoms with Crippen LogP contribution in [0.25, 0.3) is 11.0 Å². The molecular weight excluding hydrogens is 506 g/mol. The summed E-state index contributed by atoms with van der Waals surface area (Å²) in [6.07, 6.45) is 1.91. The zero-order valence-corrected chi connectivity index (χ0v) is 22.7. The predicted molar refractivity (Wildman–Crippen MR) is 147 cm³/mol. The Bertz CT molecular complexity index is 1320. The average Bonchev–Trinajstić information content (AvgIpc) is 3.24. The van der Waals surface area contributed by atoms with Crippen LogP contribution < -0.4 is 15.4 Å². The van der Waals surface area contributed by atoms with Crippen LogP contribution in [0.15, 0.2) is 36.4 Å². The molecule has 1 aliphatic heterocycles. The lowest BCUT2D eigenvalue weighted by atomic mass is 10.0. The van der Waals surface area contributed by atoms with Gasteiger partial charge in [-0.3, -0.25) is 14.4 Å². The van der Waals surface area contributed by atoms with Gasteiger partial charge in [0.05, 0.1) is 29.2 Å². The van der Waals surface area contributed by atoms with Crippen molar-refractivity contribution in [3.05, 3.63) is 58.4 Å². The van der Waals surface area contributed by atoms with Gasteiger partial charge in [0.2, 0.25) is 5.91 Å². The van der Waals surface area contributed by atoms with E-state index < -0.39 is 0 Å². The summed E-state index contributed by atoms with van der Waals surface area (Å²) < 4.78 is 6.01. The summed E-state index contributed by atoms with van der Waals surface area (Å²) in [5.74, 6) is 0.695. The molecule has 2 aromatic carbocycles. The fourth-order valence-corrected chi connectivity index (χ4v) is 4.78. The molecule has 0 saturated carbocycles. The summed E-state index contributed by atoms with van der Waals surface area (Å²) in [5, 5.41) is 6.39. The Morgan fingerprint density at radius 1 is 1.18 bits per heavy atom. The zero-order chi connectivity index (χ0) is 27.2. The third-order valence-electron chi connectivity index (χ3n) is 6.36. The second kappa shape index (κ2) is 12.3. The van der Waals surface area contributed by atoms with Crippen LogP contribution in [0.1, 0.15) is 59.7 Å². The van der Waals surface area contributed by atoms with Gasteiger partial charge in [-0.25, -0.2) is 4.98 Å². The molecule has 0 spiro atoms. The molecule has 202 valence electrons. The molecule has 3 aromatic rings. The number of carbonyl (C=O) groups is 3. The van der Waals surface area contributed by atoms with E-state index in [1.54, 1.807) is 41.3 Å². The number of nitrogens with one attached hydrogen (secondary N) is 3. The number of aryl methyl sites for hydroxylation is 1. The second-order valence-corrected chi connectivity index (χ2v) is 10.5. The van der Waals surface area contributed by atoms with Crippen molar-refractivity contribution in [1.29, 1.82) is 0 Å². The molecule has 10 heteroatoms. The van der Waals surface area contributed by atoms with Gasteiger partial charge in [-0.2, -0.15) is 0 Å². The number of ether oxygens (including phenoxy) is 1. The number of fused-ring (bicyclic) bond motifs is 2. The summed E-state index contributed by atoms with van der Waals surface area (Å²) >= 11 is 6.15. The maximum Gasteiger partial charge on any atom is 0.255 e. The molecule has 38 heavy (non-hydrogen) atoms. The molecule has 0 bridgehead atoms. The molecule has 0 aliphatic carbocycles. The maximum atomic E-state index is 13.5. The SMILES string of the molecule is Cc1nc2ccc(C(=O)N3CCCCNC(=O)c4cc(Cl)ccc4OC[C@@H](CC(C)C)NC(=O)C3)cc2[nH]1. The number of rotatable bonds is 3. The summed E-state index contributed by atoms with van der Waals surface area (Å²) in [6.45, 7) is 6.86. The number of aromatic amines is 1. The standard InChI is InChI=1S/C28H34ClN5O4/c1-17(2)12-21-16-38-25-9-7-20(29)14-22(25)27(36)30-10-4-5-11-34(15-26(35)33-21)28(37)19-6-8-23-24(13-19)32-18(3)31-23/h6-9,13-14,17,21H,4-5,10-12,15-16H2,1-3H3,(H,30,36)(H,31,32)(H,33,35)/t21-/m1/s1. The highest BCUT2D eigenvalue weighted by molar-refractivity contribution is 6.31. The molecule has 4 rings (SSSR count). The molecule has 0 saturated heterocycles. The minimum absolute atomic E-state index is 0.0774. The first kappa shape index (κ1) is 27.4. The van der Waals surface area contributed by atoms with E-state index in [2.05, 4.69) is 34.4 Å². The minimum Gasteiger partial charge on any atom is -0.491 e. The van der Waals surface area contributed by atoms with Crippen LogP contribution in [-0.2, 0) is 4.79 Å². The summed E-state index contributed by atoms with van der Waals surface area (Å²) in [6, 6.07) is 9.92. The van der Waals surface area contributed by atoms with Crippen LogP contribution in [-0.4, -0.2) is 64.9 Å². The van der Waals surface area contributed by atoms with Crippen LogP contribution in [0, 0.1) is 12.8 Å². The molecule has 3 amide bonds. The quantitative estimate of drug-likeness (QED) is 0.463. The van der Waals surface area contributed by atoms with E-state index in [0.717, 1.165) is 16.9 Å². The molecule has 1 aromatic heterocycles. The topological polar surface area (TPSA) is 116 Å². The Labute approximate surface area is 227 Å². The lowest BCUT2D eigenvalue weighted by Crippen LogP contribution is -2.46. The highest BCUT2D eigenvalue weighted by Gasteiger charge is 2.23. The van der Waals surface area contributed by atoms with Gasteiger partial charge < -0.3 is 25.3 Å². The van der Waals surface area contributed by atoms with Crippen molar-refractivity contribution >= 4 is 40.4 Å². The number of hydrogen-bond donors (Lipinski definition) is 3. The zero-order valence-electron chi connectivity index (χ0n) is 22.0. The van der Waals surface area contributed by atoms with Crippen LogP contribution in [0.2, 0.25) is 5.02 Å². The normalized spacial score (nSPS) is 17.7. The largest absolute Gasteiger partial charge is 0.491 e. The third kappa shape index (κ3) is 7.04. The number of aromatic nitrogens is 2. The highest BCUT2D eigenvalue weighted by Crippen LogP contribution is 2.24. The van der Waals surface area contributed by atoms with Crippen molar-refractivity contribution in [3.63, 3.8) is 0 Å². The van der Waals surface area contributed by atoms with Crippen molar-refractivity contribution < 1.29 is 19.1 Å². The van der Waals surface area contributed by atoms with Gasteiger partial charge in [-0.1, -0.05) is 25.4 Å². The molecule has 0 radical (unpaired) electrons. The van der Waals surface area contributed by atoms with Crippen molar-refractivity contribution in [2.24, 2.45) is 5.92 Å². The van der Waals surface area contributed by atoms with Gasteiger partial charge in [0.1, 0.15) is 18.2 Å². The fourth-order valence-electron chi connectivity index (χ4n) is 4.61. The Morgan fingerprint density at radius 3 is 2.79 bits per heavy atom. The number of amides is 3. The lowest BCUT2D eigenvalue weighted by molar-refractivity contribution is -0.122. The molecule has 1 aliphatic rings. The highest BCUT2D eigenvalue weighted by atomic mass is 35.5. The van der Waals surface area contributed by atoms with E-state index >= 15 is 0 Å². The van der Waals surface area contributed by atoms with E-state index in [0.29, 0.717) is 60.2 Å². The summed E-state index contributed by atoms with van der Waals surface area (Å²) in [7, 11) is 0. The van der Waals surface area contributed by atoms with Crippen LogP contribution in [0.3, 0.4) is 0 Å². The van der Waals surface area contributed by atoms with E-state index in [9.17, 15) is 14.4 Å². The Hall–Kier alpha value is -3.59. The fraction of sp³-hybridized carbons (Fsp3) is 0.429. The first-order valence-corrected chi connectivity index (χ1v) is 13.3. The van der Waals surface area contributed by atoms with Gasteiger partial charge in [-0.05, 0) is 68.5 Å². The molecule has 1 atom stereocenters.